The molecule has 0 aromatic rings. The van der Waals surface area contributed by atoms with Crippen LogP contribution in [-0.4, -0.2) is 83.7 Å². The van der Waals surface area contributed by atoms with E-state index in [1.807, 2.05) is 44.0 Å². The number of aliphatic hydroxyl groups is 3. The molecule has 0 amide bonds. The summed E-state index contributed by atoms with van der Waals surface area (Å²) in [7, 11) is 0.415. The molecule has 4 N–H and O–H groups in total. The summed E-state index contributed by atoms with van der Waals surface area (Å²) in [5.41, 5.74) is 1.09. The molecule has 1 aliphatic heterocycles. The highest BCUT2D eigenvalue weighted by molar-refractivity contribution is 6.35. The summed E-state index contributed by atoms with van der Waals surface area (Å²) in [6.45, 7) is 4.62. The van der Waals surface area contributed by atoms with E-state index in [2.05, 4.69) is 0 Å². The summed E-state index contributed by atoms with van der Waals surface area (Å²) in [6, 6.07) is 0. The minimum atomic E-state index is -1.40. The summed E-state index contributed by atoms with van der Waals surface area (Å²) >= 11 is 0. The number of nitrogens with zero attached hydrogens (tertiary/aromatic N) is 1. The molecule has 126 valence electrons. The minimum absolute atomic E-state index is 0.0357. The Kier molecular flexibility index (Phi) is 8.26. The van der Waals surface area contributed by atoms with Gasteiger partial charge in [0.2, 0.25) is 0 Å². The van der Waals surface area contributed by atoms with Crippen molar-refractivity contribution in [3.8, 4) is 0 Å². The van der Waals surface area contributed by atoms with E-state index >= 15 is 0 Å². The van der Waals surface area contributed by atoms with Gasteiger partial charge in [0.1, 0.15) is 12.2 Å². The maximum atomic E-state index is 10.1. The Morgan fingerprint density at radius 1 is 1.36 bits per heavy atom. The van der Waals surface area contributed by atoms with Crippen molar-refractivity contribution in [2.75, 3.05) is 26.7 Å². The molecule has 0 aliphatic carbocycles. The first-order valence-corrected chi connectivity index (χ1v) is 7.34. The van der Waals surface area contributed by atoms with Gasteiger partial charge >= 0.3 is 7.32 Å². The molecular formula is C14H26BNO6. The quantitative estimate of drug-likeness (QED) is 0.334. The number of allylic oxidation sites excluding steroid dienone is 2. The normalized spacial score (nSPS) is 24.3. The van der Waals surface area contributed by atoms with Crippen LogP contribution in [-0.2, 0) is 9.31 Å². The van der Waals surface area contributed by atoms with E-state index in [0.29, 0.717) is 6.54 Å². The molecule has 0 bridgehead atoms. The fraction of sp³-hybridized carbons (Fsp3) is 0.714. The molecule has 0 aromatic carbocycles. The first-order chi connectivity index (χ1) is 10.4. The number of likely N-dealkylation sites (N-methyl/N-ethyl adjacent to an activating group) is 1. The van der Waals surface area contributed by atoms with Crippen molar-refractivity contribution < 1.29 is 29.7 Å². The van der Waals surface area contributed by atoms with Gasteiger partial charge in [0.05, 0.1) is 18.8 Å². The third-order valence-corrected chi connectivity index (χ3v) is 3.52. The van der Waals surface area contributed by atoms with E-state index in [4.69, 9.17) is 14.3 Å². The first kappa shape index (κ1) is 19.3. The Bertz CT molecular complexity index is 392. The Morgan fingerprint density at radius 3 is 2.55 bits per heavy atom. The fourth-order valence-corrected chi connectivity index (χ4v) is 2.29. The topological polar surface area (TPSA) is 103 Å². The van der Waals surface area contributed by atoms with Crippen molar-refractivity contribution in [2.24, 2.45) is 0 Å². The van der Waals surface area contributed by atoms with Crippen LogP contribution < -0.4 is 0 Å². The smallest absolute Gasteiger partial charge is 0.402 e. The van der Waals surface area contributed by atoms with Crippen LogP contribution in [0.25, 0.3) is 0 Å². The first-order valence-electron chi connectivity index (χ1n) is 7.34. The Morgan fingerprint density at radius 2 is 2.05 bits per heavy atom. The van der Waals surface area contributed by atoms with Crippen molar-refractivity contribution in [3.05, 3.63) is 23.8 Å². The van der Waals surface area contributed by atoms with Crippen LogP contribution in [0.15, 0.2) is 23.8 Å². The van der Waals surface area contributed by atoms with Gasteiger partial charge in [-0.05, 0) is 26.5 Å². The van der Waals surface area contributed by atoms with Gasteiger partial charge in [-0.2, -0.15) is 0 Å². The summed E-state index contributed by atoms with van der Waals surface area (Å²) in [5, 5.41) is 39.1. The van der Waals surface area contributed by atoms with E-state index in [-0.39, 0.29) is 13.2 Å². The van der Waals surface area contributed by atoms with Crippen molar-refractivity contribution in [3.63, 3.8) is 0 Å². The fourth-order valence-electron chi connectivity index (χ4n) is 2.29. The highest BCUT2D eigenvalue weighted by Crippen LogP contribution is 2.15. The van der Waals surface area contributed by atoms with E-state index in [9.17, 15) is 15.3 Å². The van der Waals surface area contributed by atoms with Gasteiger partial charge in [-0.25, -0.2) is 0 Å². The lowest BCUT2D eigenvalue weighted by atomic mass is 10.0. The Labute approximate surface area is 131 Å². The van der Waals surface area contributed by atoms with Crippen LogP contribution in [0.3, 0.4) is 0 Å². The van der Waals surface area contributed by atoms with Gasteiger partial charge in [-0.1, -0.05) is 18.2 Å². The maximum absolute atomic E-state index is 10.1. The standard InChI is InChI=1S/C14H26BNO6/c1-4-6-10(5-2)7-16(3)8-11(17)13(18)14(19)12-9-21-15(20)22-12/h4-6,11-14,17-20H,7-9H2,1-3H3/b6-4-,10-5+. The minimum Gasteiger partial charge on any atom is -0.402 e. The predicted molar refractivity (Wildman–Crippen MR) is 82.9 cm³/mol. The zero-order chi connectivity index (χ0) is 16.7. The molecule has 1 fully saturated rings. The van der Waals surface area contributed by atoms with Crippen LogP contribution in [0.4, 0.5) is 0 Å². The Balaban J connectivity index is 2.47. The van der Waals surface area contributed by atoms with Crippen molar-refractivity contribution in [1.82, 2.24) is 4.90 Å². The summed E-state index contributed by atoms with van der Waals surface area (Å²) in [5.74, 6) is 0. The second-order valence-corrected chi connectivity index (χ2v) is 5.42. The molecule has 4 unspecified atom stereocenters. The van der Waals surface area contributed by atoms with Crippen LogP contribution in [0.1, 0.15) is 13.8 Å². The second kappa shape index (κ2) is 9.41. The highest BCUT2D eigenvalue weighted by atomic mass is 16.7. The second-order valence-electron chi connectivity index (χ2n) is 5.42. The largest absolute Gasteiger partial charge is 0.637 e. The van der Waals surface area contributed by atoms with Crippen molar-refractivity contribution in [1.29, 1.82) is 0 Å². The molecule has 1 saturated heterocycles. The summed E-state index contributed by atoms with van der Waals surface area (Å²) in [4.78, 5) is 1.84. The SMILES string of the molecule is C/C=C\C(=C/C)CN(C)CC(O)C(O)C(O)C1COB(O)O1. The lowest BCUT2D eigenvalue weighted by molar-refractivity contribution is -0.1000. The molecule has 1 rings (SSSR count). The van der Waals surface area contributed by atoms with Crippen molar-refractivity contribution >= 4 is 7.32 Å². The average molecular weight is 315 g/mol. The molecule has 7 nitrogen and oxygen atoms in total. The van der Waals surface area contributed by atoms with E-state index in [1.165, 1.54) is 0 Å². The number of aliphatic hydroxyl groups excluding tert-OH is 3. The summed E-state index contributed by atoms with van der Waals surface area (Å²) < 4.78 is 9.64. The Hall–Kier alpha value is -0.735. The van der Waals surface area contributed by atoms with Gasteiger partial charge in [-0.3, -0.25) is 4.90 Å². The van der Waals surface area contributed by atoms with Gasteiger partial charge in [0.25, 0.3) is 0 Å². The summed E-state index contributed by atoms with van der Waals surface area (Å²) in [6.07, 6.45) is 1.14. The molecule has 1 heterocycles. The lowest BCUT2D eigenvalue weighted by Gasteiger charge is -2.29. The number of rotatable bonds is 8. The molecule has 22 heavy (non-hydrogen) atoms. The molecule has 1 aliphatic rings. The van der Waals surface area contributed by atoms with Crippen LogP contribution in [0.5, 0.6) is 0 Å². The molecule has 8 heteroatoms. The molecule has 4 atom stereocenters. The van der Waals surface area contributed by atoms with Crippen LogP contribution in [0.2, 0.25) is 0 Å². The molecule has 0 saturated carbocycles. The third kappa shape index (κ3) is 5.81. The molecule has 0 aromatic heterocycles. The van der Waals surface area contributed by atoms with Crippen LogP contribution in [0, 0.1) is 0 Å². The monoisotopic (exact) mass is 315 g/mol. The molecular weight excluding hydrogens is 289 g/mol. The van der Waals surface area contributed by atoms with Gasteiger partial charge in [0, 0.05) is 13.1 Å². The van der Waals surface area contributed by atoms with Gasteiger partial charge in [-0.15, -0.1) is 0 Å². The third-order valence-electron chi connectivity index (χ3n) is 3.52. The van der Waals surface area contributed by atoms with E-state index < -0.39 is 31.7 Å². The molecule has 0 radical (unpaired) electrons. The van der Waals surface area contributed by atoms with Crippen LogP contribution >= 0.6 is 0 Å². The maximum Gasteiger partial charge on any atom is 0.637 e. The number of hydrogen-bond acceptors (Lipinski definition) is 7. The predicted octanol–water partition coefficient (Wildman–Crippen LogP) is -1.08. The van der Waals surface area contributed by atoms with Crippen molar-refractivity contribution in [2.45, 2.75) is 38.3 Å². The van der Waals surface area contributed by atoms with Gasteiger partial charge < -0.3 is 29.7 Å². The average Bonchev–Trinajstić information content (AvgIpc) is 2.91. The van der Waals surface area contributed by atoms with E-state index in [0.717, 1.165) is 5.57 Å². The highest BCUT2D eigenvalue weighted by Gasteiger charge is 2.40. The lowest BCUT2D eigenvalue weighted by Crippen LogP contribution is -2.49. The van der Waals surface area contributed by atoms with E-state index in [1.54, 1.807) is 0 Å². The zero-order valence-electron chi connectivity index (χ0n) is 13.3. The van der Waals surface area contributed by atoms with Gasteiger partial charge in [0.15, 0.2) is 0 Å². The molecule has 0 spiro atoms. The number of hydrogen-bond donors (Lipinski definition) is 4. The zero-order valence-corrected chi connectivity index (χ0v) is 13.3.